The maximum absolute atomic E-state index is 12.8. The summed E-state index contributed by atoms with van der Waals surface area (Å²) in [6.07, 6.45) is 7.10. The van der Waals surface area contributed by atoms with Gasteiger partial charge in [-0.15, -0.1) is 12.4 Å². The fourth-order valence-electron chi connectivity index (χ4n) is 5.00. The van der Waals surface area contributed by atoms with Crippen LogP contribution in [0, 0.1) is 11.8 Å². The molecular formula is C20H28ClN3O2. The summed E-state index contributed by atoms with van der Waals surface area (Å²) in [5, 5.41) is 3.29. The highest BCUT2D eigenvalue weighted by Crippen LogP contribution is 2.39. The average molecular weight is 378 g/mol. The average Bonchev–Trinajstić information content (AvgIpc) is 3.02. The number of nitrogens with zero attached hydrogens (tertiary/aromatic N) is 1. The number of rotatable bonds is 3. The van der Waals surface area contributed by atoms with Crippen molar-refractivity contribution in [3.05, 3.63) is 29.8 Å². The van der Waals surface area contributed by atoms with Crippen LogP contribution < -0.4 is 16.0 Å². The summed E-state index contributed by atoms with van der Waals surface area (Å²) in [4.78, 5) is 26.6. The highest BCUT2D eigenvalue weighted by molar-refractivity contribution is 5.99. The maximum Gasteiger partial charge on any atom is 0.251 e. The molecule has 1 aromatic carbocycles. The van der Waals surface area contributed by atoms with E-state index in [2.05, 4.69) is 5.32 Å². The van der Waals surface area contributed by atoms with Crippen LogP contribution in [0.5, 0.6) is 0 Å². The van der Waals surface area contributed by atoms with Gasteiger partial charge in [0, 0.05) is 36.3 Å². The lowest BCUT2D eigenvalue weighted by Gasteiger charge is -2.45. The molecule has 3 aliphatic rings. The predicted molar refractivity (Wildman–Crippen MR) is 105 cm³/mol. The normalized spacial score (nSPS) is 30.7. The number of anilines is 1. The lowest BCUT2D eigenvalue weighted by Crippen LogP contribution is -2.53. The molecule has 142 valence electrons. The van der Waals surface area contributed by atoms with Gasteiger partial charge in [-0.1, -0.05) is 12.5 Å². The number of carbonyl (C=O) groups excluding carboxylic acids is 2. The van der Waals surface area contributed by atoms with Gasteiger partial charge in [-0.25, -0.2) is 0 Å². The summed E-state index contributed by atoms with van der Waals surface area (Å²) in [5.41, 5.74) is 7.66. The summed E-state index contributed by atoms with van der Waals surface area (Å²) in [6, 6.07) is 8.00. The summed E-state index contributed by atoms with van der Waals surface area (Å²) < 4.78 is 0. The second kappa shape index (κ2) is 7.97. The molecule has 2 unspecified atom stereocenters. The van der Waals surface area contributed by atoms with Crippen molar-refractivity contribution in [3.63, 3.8) is 0 Å². The van der Waals surface area contributed by atoms with E-state index in [9.17, 15) is 9.59 Å². The number of carbonyl (C=O) groups is 2. The minimum absolute atomic E-state index is 0. The number of fused-ring (bicyclic) bond motifs is 2. The number of nitrogens with one attached hydrogen (secondary N) is 1. The number of benzene rings is 1. The number of nitrogens with two attached hydrogens (primary N) is 1. The van der Waals surface area contributed by atoms with E-state index in [-0.39, 0.29) is 36.3 Å². The summed E-state index contributed by atoms with van der Waals surface area (Å²) >= 11 is 0. The third-order valence-electron chi connectivity index (χ3n) is 6.17. The molecule has 1 aliphatic heterocycles. The Hall–Kier alpha value is -1.59. The Kier molecular flexibility index (Phi) is 5.88. The van der Waals surface area contributed by atoms with Gasteiger partial charge in [0.05, 0.1) is 0 Å². The Bertz CT molecular complexity index is 667. The molecular weight excluding hydrogens is 350 g/mol. The van der Waals surface area contributed by atoms with Crippen LogP contribution in [0.1, 0.15) is 55.3 Å². The van der Waals surface area contributed by atoms with Gasteiger partial charge in [-0.2, -0.15) is 0 Å². The van der Waals surface area contributed by atoms with E-state index < -0.39 is 0 Å². The number of hydrogen-bond acceptors (Lipinski definition) is 3. The topological polar surface area (TPSA) is 75.4 Å². The Morgan fingerprint density at radius 1 is 1.15 bits per heavy atom. The minimum atomic E-state index is -0.0223. The largest absolute Gasteiger partial charge is 0.349 e. The smallest absolute Gasteiger partial charge is 0.251 e. The molecule has 2 saturated carbocycles. The quantitative estimate of drug-likeness (QED) is 0.850. The van der Waals surface area contributed by atoms with Crippen molar-refractivity contribution < 1.29 is 9.59 Å². The van der Waals surface area contributed by atoms with E-state index in [0.717, 1.165) is 44.3 Å². The third kappa shape index (κ3) is 3.74. The summed E-state index contributed by atoms with van der Waals surface area (Å²) in [6.45, 7) is 0.745. The van der Waals surface area contributed by atoms with Crippen LogP contribution in [0.4, 0.5) is 5.69 Å². The van der Waals surface area contributed by atoms with Gasteiger partial charge in [-0.05, 0) is 62.1 Å². The molecule has 6 heteroatoms. The summed E-state index contributed by atoms with van der Waals surface area (Å²) in [5.74, 6) is 1.14. The van der Waals surface area contributed by atoms with Gasteiger partial charge in [-0.3, -0.25) is 9.59 Å². The first-order valence-corrected chi connectivity index (χ1v) is 9.58. The van der Waals surface area contributed by atoms with Crippen molar-refractivity contribution in [1.82, 2.24) is 5.32 Å². The Morgan fingerprint density at radius 2 is 1.88 bits per heavy atom. The monoisotopic (exact) mass is 377 g/mol. The first kappa shape index (κ1) is 19.2. The van der Waals surface area contributed by atoms with Crippen molar-refractivity contribution in [2.75, 3.05) is 11.4 Å². The molecule has 2 amide bonds. The number of halogens is 1. The molecule has 2 aliphatic carbocycles. The van der Waals surface area contributed by atoms with Gasteiger partial charge in [0.2, 0.25) is 5.91 Å². The second-order valence-electron chi connectivity index (χ2n) is 7.88. The first-order chi connectivity index (χ1) is 12.1. The van der Waals surface area contributed by atoms with Gasteiger partial charge in [0.1, 0.15) is 0 Å². The van der Waals surface area contributed by atoms with Gasteiger partial charge in [0.15, 0.2) is 0 Å². The zero-order valence-corrected chi connectivity index (χ0v) is 15.8. The molecule has 4 rings (SSSR count). The number of hydrogen-bond donors (Lipinski definition) is 2. The Morgan fingerprint density at radius 3 is 2.54 bits per heavy atom. The van der Waals surface area contributed by atoms with E-state index in [0.29, 0.717) is 23.8 Å². The first-order valence-electron chi connectivity index (χ1n) is 9.58. The predicted octanol–water partition coefficient (Wildman–Crippen LogP) is 2.87. The van der Waals surface area contributed by atoms with Crippen LogP contribution in [0.2, 0.25) is 0 Å². The van der Waals surface area contributed by atoms with Crippen LogP contribution in [-0.2, 0) is 4.79 Å². The standard InChI is InChI=1S/C20H27N3O2.ClH/c21-16-10-13-4-1-5-14(11-16)19(13)22-20(25)15-6-2-7-17(12-15)23-9-3-8-18(23)24;/h2,6-7,12-14,16,19H,1,3-5,8-11,21H2,(H,22,25);1H. The molecule has 0 aromatic heterocycles. The third-order valence-corrected chi connectivity index (χ3v) is 6.17. The van der Waals surface area contributed by atoms with Crippen molar-refractivity contribution in [2.24, 2.45) is 17.6 Å². The van der Waals surface area contributed by atoms with Crippen LogP contribution in [0.3, 0.4) is 0 Å². The van der Waals surface area contributed by atoms with E-state index in [1.54, 1.807) is 4.90 Å². The molecule has 3 fully saturated rings. The van der Waals surface area contributed by atoms with Gasteiger partial charge >= 0.3 is 0 Å². The zero-order valence-electron chi connectivity index (χ0n) is 15.0. The molecule has 1 heterocycles. The maximum atomic E-state index is 12.8. The van der Waals surface area contributed by atoms with Crippen molar-refractivity contribution >= 4 is 29.9 Å². The van der Waals surface area contributed by atoms with Crippen LogP contribution in [-0.4, -0.2) is 30.4 Å². The van der Waals surface area contributed by atoms with Crippen LogP contribution in [0.15, 0.2) is 24.3 Å². The van der Waals surface area contributed by atoms with Crippen LogP contribution >= 0.6 is 12.4 Å². The highest BCUT2D eigenvalue weighted by Gasteiger charge is 2.40. The van der Waals surface area contributed by atoms with E-state index in [4.69, 9.17) is 5.73 Å². The van der Waals surface area contributed by atoms with Gasteiger partial charge < -0.3 is 16.0 Å². The second-order valence-corrected chi connectivity index (χ2v) is 7.88. The molecule has 5 nitrogen and oxygen atoms in total. The molecule has 1 saturated heterocycles. The lowest BCUT2D eigenvalue weighted by molar-refractivity contribution is -0.117. The zero-order chi connectivity index (χ0) is 17.4. The summed E-state index contributed by atoms with van der Waals surface area (Å²) in [7, 11) is 0. The van der Waals surface area contributed by atoms with Crippen molar-refractivity contribution in [2.45, 2.75) is 57.0 Å². The molecule has 2 bridgehead atoms. The van der Waals surface area contributed by atoms with E-state index in [1.807, 2.05) is 24.3 Å². The van der Waals surface area contributed by atoms with Crippen molar-refractivity contribution in [1.29, 1.82) is 0 Å². The molecule has 1 aromatic rings. The van der Waals surface area contributed by atoms with Crippen molar-refractivity contribution in [3.8, 4) is 0 Å². The SMILES string of the molecule is Cl.NC1CC2CCCC(C1)C2NC(=O)c1cccc(N2CCCC2=O)c1. The highest BCUT2D eigenvalue weighted by atomic mass is 35.5. The van der Waals surface area contributed by atoms with E-state index in [1.165, 1.54) is 6.42 Å². The lowest BCUT2D eigenvalue weighted by atomic mass is 9.67. The molecule has 3 N–H and O–H groups in total. The number of amides is 2. The van der Waals surface area contributed by atoms with Gasteiger partial charge in [0.25, 0.3) is 5.91 Å². The Balaban J connectivity index is 0.00000196. The minimum Gasteiger partial charge on any atom is -0.349 e. The molecule has 2 atom stereocenters. The molecule has 0 spiro atoms. The Labute approximate surface area is 161 Å². The fourth-order valence-corrected chi connectivity index (χ4v) is 5.00. The van der Waals surface area contributed by atoms with Crippen LogP contribution in [0.25, 0.3) is 0 Å². The molecule has 0 radical (unpaired) electrons. The molecule has 26 heavy (non-hydrogen) atoms. The van der Waals surface area contributed by atoms with E-state index >= 15 is 0 Å². The fraction of sp³-hybridized carbons (Fsp3) is 0.600.